The fourth-order valence-electron chi connectivity index (χ4n) is 3.83. The largest absolute Gasteiger partial charge is 0.448 e. The van der Waals surface area contributed by atoms with Gasteiger partial charge < -0.3 is 9.84 Å². The second-order valence-corrected chi connectivity index (χ2v) is 10.4. The van der Waals surface area contributed by atoms with Crippen LogP contribution in [0.4, 0.5) is 4.79 Å². The molecular weight excluding hydrogens is 502 g/mol. The summed E-state index contributed by atoms with van der Waals surface area (Å²) in [6.07, 6.45) is 0.0930. The lowest BCUT2D eigenvalue weighted by Crippen LogP contribution is -2.31. The quantitative estimate of drug-likeness (QED) is 0.343. The Morgan fingerprint density at radius 2 is 1.81 bits per heavy atom. The summed E-state index contributed by atoms with van der Waals surface area (Å²) in [4.78, 5) is 16.7. The molecule has 36 heavy (non-hydrogen) atoms. The number of amides is 1. The number of aryl methyl sites for hydroxylation is 2. The Labute approximate surface area is 214 Å². The fraction of sp³-hybridized carbons (Fsp3) is 0.231. The van der Waals surface area contributed by atoms with Gasteiger partial charge in [0, 0.05) is 23.6 Å². The number of imidazole rings is 1. The van der Waals surface area contributed by atoms with Gasteiger partial charge in [0.1, 0.15) is 5.82 Å². The number of aromatic nitrogens is 2. The van der Waals surface area contributed by atoms with E-state index in [1.54, 1.807) is 24.3 Å². The normalized spacial score (nSPS) is 11.6. The third kappa shape index (κ3) is 5.53. The van der Waals surface area contributed by atoms with Gasteiger partial charge in [-0.1, -0.05) is 48.4 Å². The average Bonchev–Trinajstić information content (AvgIpc) is 3.21. The molecule has 0 aliphatic rings. The molecule has 0 spiro atoms. The standard InChI is InChI=1S/C26H26ClN3O5S/c1-3-25-28-23-14-19(16-31)22(27)15-24(23)30(25)20-8-6-18(7-9-20)12-13-35-26(32)29-36(33,34)21-10-4-17(2)5-11-21/h4-11,14-15,31H,3,12-13,16H2,1-2H3,(H,29,32). The van der Waals surface area contributed by atoms with Crippen molar-refractivity contribution in [3.05, 3.63) is 88.2 Å². The van der Waals surface area contributed by atoms with Crippen LogP contribution in [0.1, 0.15) is 29.4 Å². The molecule has 3 aromatic carbocycles. The van der Waals surface area contributed by atoms with E-state index in [0.29, 0.717) is 23.4 Å². The first-order valence-corrected chi connectivity index (χ1v) is 13.2. The minimum atomic E-state index is -3.99. The van der Waals surface area contributed by atoms with Crippen LogP contribution in [-0.2, 0) is 34.2 Å². The summed E-state index contributed by atoms with van der Waals surface area (Å²) in [7, 11) is -3.99. The molecule has 0 aliphatic heterocycles. The van der Waals surface area contributed by atoms with Gasteiger partial charge in [0.25, 0.3) is 10.0 Å². The zero-order valence-electron chi connectivity index (χ0n) is 19.9. The van der Waals surface area contributed by atoms with E-state index in [1.165, 1.54) is 12.1 Å². The molecule has 0 aliphatic carbocycles. The summed E-state index contributed by atoms with van der Waals surface area (Å²) in [6.45, 7) is 3.72. The third-order valence-corrected chi connectivity index (χ3v) is 7.43. The van der Waals surface area contributed by atoms with E-state index in [1.807, 2.05) is 47.4 Å². The lowest BCUT2D eigenvalue weighted by molar-refractivity contribution is 0.154. The number of aliphatic hydroxyl groups is 1. The molecule has 4 rings (SSSR count). The molecule has 2 N–H and O–H groups in total. The van der Waals surface area contributed by atoms with Gasteiger partial charge in [-0.05, 0) is 54.4 Å². The second kappa shape index (κ2) is 10.7. The number of fused-ring (bicyclic) bond motifs is 1. The Morgan fingerprint density at radius 3 is 2.44 bits per heavy atom. The van der Waals surface area contributed by atoms with E-state index in [2.05, 4.69) is 4.98 Å². The number of sulfonamides is 1. The van der Waals surface area contributed by atoms with Gasteiger partial charge in [0.05, 0.1) is 29.1 Å². The number of hydrogen-bond donors (Lipinski definition) is 2. The highest BCUT2D eigenvalue weighted by Crippen LogP contribution is 2.28. The number of ether oxygens (including phenoxy) is 1. The van der Waals surface area contributed by atoms with Crippen LogP contribution in [0, 0.1) is 6.92 Å². The molecule has 0 fully saturated rings. The summed E-state index contributed by atoms with van der Waals surface area (Å²) >= 11 is 6.32. The van der Waals surface area contributed by atoms with Gasteiger partial charge in [-0.25, -0.2) is 22.9 Å². The molecule has 1 aromatic heterocycles. The Kier molecular flexibility index (Phi) is 7.63. The first-order chi connectivity index (χ1) is 17.2. The zero-order chi connectivity index (χ0) is 25.9. The van der Waals surface area contributed by atoms with Gasteiger partial charge in [0.2, 0.25) is 0 Å². The SMILES string of the molecule is CCc1nc2cc(CO)c(Cl)cc2n1-c1ccc(CCOC(=O)NS(=O)(=O)c2ccc(C)cc2)cc1. The number of carbonyl (C=O) groups is 1. The number of carbonyl (C=O) groups excluding carboxylic acids is 1. The molecule has 0 saturated heterocycles. The maximum absolute atomic E-state index is 12.3. The average molecular weight is 528 g/mol. The van der Waals surface area contributed by atoms with Gasteiger partial charge in [-0.15, -0.1) is 0 Å². The third-order valence-electron chi connectivity index (χ3n) is 5.75. The van der Waals surface area contributed by atoms with Crippen molar-refractivity contribution >= 4 is 38.8 Å². The number of rotatable bonds is 8. The molecule has 10 heteroatoms. The highest BCUT2D eigenvalue weighted by molar-refractivity contribution is 7.90. The van der Waals surface area contributed by atoms with Crippen molar-refractivity contribution in [2.75, 3.05) is 6.61 Å². The Morgan fingerprint density at radius 1 is 1.11 bits per heavy atom. The maximum Gasteiger partial charge on any atom is 0.421 e. The lowest BCUT2D eigenvalue weighted by Gasteiger charge is -2.11. The smallest absolute Gasteiger partial charge is 0.421 e. The molecule has 0 radical (unpaired) electrons. The lowest BCUT2D eigenvalue weighted by atomic mass is 10.1. The highest BCUT2D eigenvalue weighted by atomic mass is 35.5. The topological polar surface area (TPSA) is 111 Å². The summed E-state index contributed by atoms with van der Waals surface area (Å²) < 4.78 is 33.6. The van der Waals surface area contributed by atoms with Crippen LogP contribution >= 0.6 is 11.6 Å². The molecule has 4 aromatic rings. The van der Waals surface area contributed by atoms with Crippen molar-refractivity contribution in [2.24, 2.45) is 0 Å². The number of aliphatic hydroxyl groups excluding tert-OH is 1. The van der Waals surface area contributed by atoms with E-state index in [-0.39, 0.29) is 18.1 Å². The molecule has 0 atom stereocenters. The van der Waals surface area contributed by atoms with Crippen molar-refractivity contribution in [3.8, 4) is 5.69 Å². The first kappa shape index (κ1) is 25.7. The van der Waals surface area contributed by atoms with Crippen molar-refractivity contribution in [3.63, 3.8) is 0 Å². The summed E-state index contributed by atoms with van der Waals surface area (Å²) in [5.74, 6) is 0.860. The van der Waals surface area contributed by atoms with E-state index < -0.39 is 16.1 Å². The minimum Gasteiger partial charge on any atom is -0.448 e. The molecule has 0 unspecified atom stereocenters. The van der Waals surface area contributed by atoms with Gasteiger partial charge in [-0.2, -0.15) is 0 Å². The van der Waals surface area contributed by atoms with Crippen LogP contribution in [0.5, 0.6) is 0 Å². The Balaban J connectivity index is 1.41. The molecule has 8 nitrogen and oxygen atoms in total. The number of benzene rings is 3. The van der Waals surface area contributed by atoms with Crippen LogP contribution in [0.15, 0.2) is 65.6 Å². The molecule has 1 amide bonds. The van der Waals surface area contributed by atoms with Crippen LogP contribution in [0.25, 0.3) is 16.7 Å². The molecule has 188 valence electrons. The monoisotopic (exact) mass is 527 g/mol. The maximum atomic E-state index is 12.3. The Hall–Kier alpha value is -3.40. The van der Waals surface area contributed by atoms with Gasteiger partial charge in [-0.3, -0.25) is 4.57 Å². The predicted octanol–water partition coefficient (Wildman–Crippen LogP) is 4.70. The number of nitrogens with one attached hydrogen (secondary N) is 1. The molecule has 0 saturated carbocycles. The van der Waals surface area contributed by atoms with E-state index in [0.717, 1.165) is 33.7 Å². The van der Waals surface area contributed by atoms with Crippen molar-refractivity contribution < 1.29 is 23.1 Å². The molecule has 0 bridgehead atoms. The Bertz CT molecular complexity index is 1500. The van der Waals surface area contributed by atoms with Crippen molar-refractivity contribution in [1.82, 2.24) is 14.3 Å². The van der Waals surface area contributed by atoms with E-state index in [9.17, 15) is 18.3 Å². The highest BCUT2D eigenvalue weighted by Gasteiger charge is 2.18. The van der Waals surface area contributed by atoms with Crippen molar-refractivity contribution in [2.45, 2.75) is 38.2 Å². The minimum absolute atomic E-state index is 0.00650. The van der Waals surface area contributed by atoms with Crippen molar-refractivity contribution in [1.29, 1.82) is 0 Å². The number of nitrogens with zero attached hydrogens (tertiary/aromatic N) is 2. The number of hydrogen-bond acceptors (Lipinski definition) is 6. The molecular formula is C26H26ClN3O5S. The number of halogens is 1. The van der Waals surface area contributed by atoms with Crippen LogP contribution < -0.4 is 4.72 Å². The summed E-state index contributed by atoms with van der Waals surface area (Å²) in [6, 6.07) is 17.5. The van der Waals surface area contributed by atoms with Crippen LogP contribution in [0.3, 0.4) is 0 Å². The zero-order valence-corrected chi connectivity index (χ0v) is 21.4. The van der Waals surface area contributed by atoms with E-state index >= 15 is 0 Å². The second-order valence-electron chi connectivity index (χ2n) is 8.28. The van der Waals surface area contributed by atoms with Crippen LogP contribution in [-0.4, -0.2) is 35.8 Å². The van der Waals surface area contributed by atoms with Crippen LogP contribution in [0.2, 0.25) is 5.02 Å². The van der Waals surface area contributed by atoms with Gasteiger partial charge >= 0.3 is 6.09 Å². The first-order valence-electron chi connectivity index (χ1n) is 11.4. The molecule has 1 heterocycles. The summed E-state index contributed by atoms with van der Waals surface area (Å²) in [5, 5.41) is 9.97. The fourth-order valence-corrected chi connectivity index (χ4v) is 4.93. The summed E-state index contributed by atoms with van der Waals surface area (Å²) in [5.41, 5.74) is 4.95. The van der Waals surface area contributed by atoms with E-state index in [4.69, 9.17) is 16.3 Å². The predicted molar refractivity (Wildman–Crippen MR) is 138 cm³/mol. The van der Waals surface area contributed by atoms with Gasteiger partial charge in [0.15, 0.2) is 0 Å².